The second-order valence-corrected chi connectivity index (χ2v) is 11.0. The van der Waals surface area contributed by atoms with Crippen molar-refractivity contribution in [1.82, 2.24) is 14.7 Å². The van der Waals surface area contributed by atoms with Crippen LogP contribution in [0.2, 0.25) is 5.02 Å². The number of benzene rings is 3. The fraction of sp³-hybridized carbons (Fsp3) is 0.233. The molecule has 6 rings (SSSR count). The van der Waals surface area contributed by atoms with E-state index in [4.69, 9.17) is 21.4 Å². The van der Waals surface area contributed by atoms with Gasteiger partial charge in [-0.05, 0) is 35.9 Å². The third-order valence-electron chi connectivity index (χ3n) is 7.05. The Labute approximate surface area is 240 Å². The minimum Gasteiger partial charge on any atom is -0.378 e. The smallest absolute Gasteiger partial charge is 0.242 e. The van der Waals surface area contributed by atoms with E-state index in [9.17, 15) is 14.0 Å². The largest absolute Gasteiger partial charge is 0.378 e. The molecule has 3 aromatic carbocycles. The zero-order chi connectivity index (χ0) is 27.6. The van der Waals surface area contributed by atoms with Crippen molar-refractivity contribution in [3.63, 3.8) is 0 Å². The number of rotatable bonds is 5. The second-order valence-electron chi connectivity index (χ2n) is 9.53. The average Bonchev–Trinajstić information content (AvgIpc) is 3.31. The van der Waals surface area contributed by atoms with Gasteiger partial charge in [0.1, 0.15) is 18.2 Å². The van der Waals surface area contributed by atoms with Gasteiger partial charge in [0.15, 0.2) is 0 Å². The van der Waals surface area contributed by atoms with E-state index in [-0.39, 0.29) is 35.2 Å². The highest BCUT2D eigenvalue weighted by Crippen LogP contribution is 2.49. The molecule has 10 heteroatoms. The molecule has 204 valence electrons. The first-order valence-corrected chi connectivity index (χ1v) is 14.4. The molecule has 0 N–H and O–H groups in total. The summed E-state index contributed by atoms with van der Waals surface area (Å²) in [6.45, 7) is 1.71. The fourth-order valence-electron chi connectivity index (χ4n) is 5.07. The van der Waals surface area contributed by atoms with Crippen molar-refractivity contribution < 1.29 is 18.7 Å². The summed E-state index contributed by atoms with van der Waals surface area (Å²) in [5.74, 6) is -0.155. The molecule has 2 aliphatic rings. The first-order chi connectivity index (χ1) is 19.5. The van der Waals surface area contributed by atoms with E-state index in [2.05, 4.69) is 0 Å². The highest BCUT2D eigenvalue weighted by atomic mass is 35.5. The molecule has 1 atom stereocenters. The molecule has 3 heterocycles. The van der Waals surface area contributed by atoms with Crippen LogP contribution in [-0.2, 0) is 14.3 Å². The van der Waals surface area contributed by atoms with Gasteiger partial charge in [0.05, 0.1) is 35.6 Å². The Balaban J connectivity index is 1.59. The molecular weight excluding hydrogens is 551 g/mol. The Kier molecular flexibility index (Phi) is 7.60. The molecule has 0 saturated carbocycles. The van der Waals surface area contributed by atoms with Crippen molar-refractivity contribution in [3.8, 4) is 16.9 Å². The van der Waals surface area contributed by atoms with Crippen LogP contribution in [0.15, 0.2) is 78.9 Å². The Morgan fingerprint density at radius 1 is 1.00 bits per heavy atom. The van der Waals surface area contributed by atoms with Crippen molar-refractivity contribution in [3.05, 3.63) is 101 Å². The number of hydrogen-bond donors (Lipinski definition) is 0. The lowest BCUT2D eigenvalue weighted by Gasteiger charge is -2.30. The highest BCUT2D eigenvalue weighted by Gasteiger charge is 2.38. The second kappa shape index (κ2) is 11.4. The summed E-state index contributed by atoms with van der Waals surface area (Å²) in [6.07, 6.45) is 0. The predicted molar refractivity (Wildman–Crippen MR) is 154 cm³/mol. The standard InChI is InChI=1S/C30H26ClFN4O3S/c31-24-9-5-4-8-23(24)29-27-28(20-6-2-1-3-7-20)33-36(22-12-10-21(32)11-13-22)30(27)35(26(38)19-40-29)18-25(37)34-14-16-39-17-15-34/h1-13,29H,14-19H2/t29-/m0/s1. The van der Waals surface area contributed by atoms with Crippen LogP contribution in [0.3, 0.4) is 0 Å². The van der Waals surface area contributed by atoms with Gasteiger partial charge in [-0.1, -0.05) is 60.1 Å². The molecule has 4 aromatic rings. The van der Waals surface area contributed by atoms with E-state index in [1.165, 1.54) is 28.8 Å². The molecule has 0 unspecified atom stereocenters. The van der Waals surface area contributed by atoms with E-state index in [0.29, 0.717) is 48.5 Å². The lowest BCUT2D eigenvalue weighted by atomic mass is 9.99. The van der Waals surface area contributed by atoms with Crippen LogP contribution in [0.5, 0.6) is 0 Å². The maximum Gasteiger partial charge on any atom is 0.242 e. The number of fused-ring (bicyclic) bond motifs is 1. The summed E-state index contributed by atoms with van der Waals surface area (Å²) in [5.41, 5.74) is 3.71. The highest BCUT2D eigenvalue weighted by molar-refractivity contribution is 8.00. The summed E-state index contributed by atoms with van der Waals surface area (Å²) in [4.78, 5) is 30.5. The van der Waals surface area contributed by atoms with Crippen LogP contribution in [0.1, 0.15) is 16.4 Å². The number of thioether (sulfide) groups is 1. The summed E-state index contributed by atoms with van der Waals surface area (Å²) in [5, 5.41) is 5.24. The maximum atomic E-state index is 13.9. The number of carbonyl (C=O) groups excluding carboxylic acids is 2. The number of anilines is 1. The molecule has 0 bridgehead atoms. The van der Waals surface area contributed by atoms with Crippen LogP contribution in [-0.4, -0.2) is 65.1 Å². The van der Waals surface area contributed by atoms with Crippen LogP contribution in [0.25, 0.3) is 16.9 Å². The third-order valence-corrected chi connectivity index (χ3v) is 8.63. The fourth-order valence-corrected chi connectivity index (χ4v) is 6.62. The molecule has 0 aliphatic carbocycles. The number of carbonyl (C=O) groups is 2. The summed E-state index contributed by atoms with van der Waals surface area (Å²) >= 11 is 8.18. The molecule has 40 heavy (non-hydrogen) atoms. The van der Waals surface area contributed by atoms with Gasteiger partial charge in [-0.3, -0.25) is 14.5 Å². The zero-order valence-corrected chi connectivity index (χ0v) is 23.1. The van der Waals surface area contributed by atoms with E-state index >= 15 is 0 Å². The Morgan fingerprint density at radius 3 is 2.42 bits per heavy atom. The van der Waals surface area contributed by atoms with Gasteiger partial charge >= 0.3 is 0 Å². The van der Waals surface area contributed by atoms with Crippen molar-refractivity contribution in [2.75, 3.05) is 43.5 Å². The predicted octanol–water partition coefficient (Wildman–Crippen LogP) is 5.36. The molecule has 7 nitrogen and oxygen atoms in total. The number of amides is 2. The van der Waals surface area contributed by atoms with Crippen LogP contribution >= 0.6 is 23.4 Å². The monoisotopic (exact) mass is 576 g/mol. The number of nitrogens with zero attached hydrogens (tertiary/aromatic N) is 4. The quantitative estimate of drug-likeness (QED) is 0.320. The van der Waals surface area contributed by atoms with E-state index in [1.54, 1.807) is 21.7 Å². The van der Waals surface area contributed by atoms with Gasteiger partial charge < -0.3 is 9.64 Å². The molecule has 0 radical (unpaired) electrons. The number of aromatic nitrogens is 2. The van der Waals surface area contributed by atoms with Gasteiger partial charge in [0, 0.05) is 29.2 Å². The first-order valence-electron chi connectivity index (χ1n) is 13.0. The Morgan fingerprint density at radius 2 is 1.70 bits per heavy atom. The average molecular weight is 577 g/mol. The molecule has 1 aromatic heterocycles. The lowest BCUT2D eigenvalue weighted by molar-refractivity contribution is -0.134. The summed E-state index contributed by atoms with van der Waals surface area (Å²) < 4.78 is 21.0. The van der Waals surface area contributed by atoms with E-state index < -0.39 is 0 Å². The Bertz CT molecular complexity index is 1540. The van der Waals surface area contributed by atoms with Crippen molar-refractivity contribution in [2.45, 2.75) is 5.25 Å². The number of morpholine rings is 1. The van der Waals surface area contributed by atoms with Crippen molar-refractivity contribution >= 4 is 41.0 Å². The van der Waals surface area contributed by atoms with Crippen LogP contribution in [0.4, 0.5) is 10.2 Å². The van der Waals surface area contributed by atoms with Crippen molar-refractivity contribution in [2.24, 2.45) is 0 Å². The lowest BCUT2D eigenvalue weighted by Crippen LogP contribution is -2.48. The van der Waals surface area contributed by atoms with Gasteiger partial charge in [0.25, 0.3) is 0 Å². The normalized spacial score (nSPS) is 17.4. The molecule has 0 spiro atoms. The van der Waals surface area contributed by atoms with E-state index in [0.717, 1.165) is 16.7 Å². The SMILES string of the molecule is O=C(CN1C(=O)CS[C@@H](c2ccccc2Cl)c2c(-c3ccccc3)nn(-c3ccc(F)cc3)c21)N1CCOCC1. The van der Waals surface area contributed by atoms with Gasteiger partial charge in [-0.2, -0.15) is 5.10 Å². The molecule has 1 fully saturated rings. The third kappa shape index (κ3) is 5.12. The first kappa shape index (κ1) is 26.6. The number of hydrogen-bond acceptors (Lipinski definition) is 5. The maximum absolute atomic E-state index is 13.9. The van der Waals surface area contributed by atoms with Crippen LogP contribution in [0, 0.1) is 5.82 Å². The summed E-state index contributed by atoms with van der Waals surface area (Å²) in [6, 6.07) is 23.2. The molecule has 2 amide bonds. The molecule has 2 aliphatic heterocycles. The number of ether oxygens (including phenoxy) is 1. The van der Waals surface area contributed by atoms with Gasteiger partial charge in [-0.15, -0.1) is 11.8 Å². The minimum atomic E-state index is -0.384. The van der Waals surface area contributed by atoms with E-state index in [1.807, 2.05) is 54.6 Å². The summed E-state index contributed by atoms with van der Waals surface area (Å²) in [7, 11) is 0. The van der Waals surface area contributed by atoms with Crippen molar-refractivity contribution in [1.29, 1.82) is 0 Å². The number of halogens is 2. The minimum absolute atomic E-state index is 0.138. The Hall–Kier alpha value is -3.66. The molecular formula is C30H26ClFN4O3S. The molecule has 1 saturated heterocycles. The topological polar surface area (TPSA) is 67.7 Å². The van der Waals surface area contributed by atoms with Gasteiger partial charge in [-0.25, -0.2) is 9.07 Å². The van der Waals surface area contributed by atoms with Crippen LogP contribution < -0.4 is 4.90 Å². The zero-order valence-electron chi connectivity index (χ0n) is 21.5. The van der Waals surface area contributed by atoms with Gasteiger partial charge in [0.2, 0.25) is 11.8 Å².